The molecular formula is C24H19NO5. The van der Waals surface area contributed by atoms with Crippen LogP contribution in [0.4, 0.5) is 15.3 Å². The minimum atomic E-state index is -0.929. The third-order valence-electron chi connectivity index (χ3n) is 3.94. The lowest BCUT2D eigenvalue weighted by Gasteiger charge is -2.23. The number of terminal acetylenes is 1. The van der Waals surface area contributed by atoms with Gasteiger partial charge in [0.1, 0.15) is 11.5 Å². The zero-order chi connectivity index (χ0) is 21.2. The Bertz CT molecular complexity index is 1030. The van der Waals surface area contributed by atoms with Crippen molar-refractivity contribution >= 4 is 17.9 Å². The van der Waals surface area contributed by atoms with E-state index in [1.165, 1.54) is 4.90 Å². The van der Waals surface area contributed by atoms with Crippen molar-refractivity contribution in [2.45, 2.75) is 6.42 Å². The summed E-state index contributed by atoms with van der Waals surface area (Å²) in [6, 6.07) is 23.8. The molecule has 0 spiro atoms. The Morgan fingerprint density at radius 3 is 1.97 bits per heavy atom. The first-order valence-corrected chi connectivity index (χ1v) is 9.19. The van der Waals surface area contributed by atoms with Crippen LogP contribution < -0.4 is 19.1 Å². The lowest BCUT2D eigenvalue weighted by Crippen LogP contribution is -2.35. The minimum absolute atomic E-state index is 0.139. The molecule has 6 heteroatoms. The second kappa shape index (κ2) is 10.3. The molecule has 0 fully saturated rings. The summed E-state index contributed by atoms with van der Waals surface area (Å²) >= 11 is 0. The number of carbonyl (C=O) groups excluding carboxylic acids is 2. The maximum Gasteiger partial charge on any atom is 0.519 e. The highest BCUT2D eigenvalue weighted by molar-refractivity contribution is 5.91. The molecule has 0 saturated heterocycles. The number of nitrogens with zero attached hydrogens (tertiary/aromatic N) is 1. The Balaban J connectivity index is 1.80. The highest BCUT2D eigenvalue weighted by atomic mass is 16.7. The van der Waals surface area contributed by atoms with Gasteiger partial charge < -0.3 is 14.2 Å². The van der Waals surface area contributed by atoms with Crippen molar-refractivity contribution in [1.82, 2.24) is 0 Å². The largest absolute Gasteiger partial charge is 0.519 e. The molecule has 1 amide bonds. The summed E-state index contributed by atoms with van der Waals surface area (Å²) in [4.78, 5) is 26.3. The lowest BCUT2D eigenvalue weighted by atomic mass is 10.2. The molecule has 0 aromatic heterocycles. The summed E-state index contributed by atoms with van der Waals surface area (Å²) in [5.41, 5.74) is 0.332. The average molecular weight is 401 g/mol. The van der Waals surface area contributed by atoms with Gasteiger partial charge in [-0.1, -0.05) is 48.5 Å². The number of para-hydroxylation sites is 4. The molecule has 0 aliphatic rings. The Morgan fingerprint density at radius 2 is 1.33 bits per heavy atom. The van der Waals surface area contributed by atoms with E-state index >= 15 is 0 Å². The number of rotatable bonds is 6. The second-order valence-electron chi connectivity index (χ2n) is 6.02. The zero-order valence-electron chi connectivity index (χ0n) is 16.1. The number of hydrogen-bond donors (Lipinski definition) is 0. The SMILES string of the molecule is C#CCCN(C(=O)Oc1ccccc1)c1ccccc1OC(=O)Oc1ccccc1. The molecule has 6 nitrogen and oxygen atoms in total. The minimum Gasteiger partial charge on any atom is -0.410 e. The fraction of sp³-hybridized carbons (Fsp3) is 0.0833. The molecule has 150 valence electrons. The summed E-state index contributed by atoms with van der Waals surface area (Å²) in [5, 5.41) is 0. The van der Waals surface area contributed by atoms with Gasteiger partial charge in [-0.05, 0) is 36.4 Å². The van der Waals surface area contributed by atoms with Crippen molar-refractivity contribution in [2.75, 3.05) is 11.4 Å². The van der Waals surface area contributed by atoms with E-state index in [1.54, 1.807) is 78.9 Å². The van der Waals surface area contributed by atoms with Crippen molar-refractivity contribution in [3.63, 3.8) is 0 Å². The highest BCUT2D eigenvalue weighted by Gasteiger charge is 2.23. The normalized spacial score (nSPS) is 9.83. The maximum absolute atomic E-state index is 12.8. The van der Waals surface area contributed by atoms with Crippen LogP contribution in [-0.2, 0) is 0 Å². The zero-order valence-corrected chi connectivity index (χ0v) is 16.1. The van der Waals surface area contributed by atoms with E-state index in [9.17, 15) is 9.59 Å². The van der Waals surface area contributed by atoms with E-state index in [0.717, 1.165) is 0 Å². The van der Waals surface area contributed by atoms with Crippen LogP contribution in [-0.4, -0.2) is 18.8 Å². The van der Waals surface area contributed by atoms with Crippen LogP contribution in [0.25, 0.3) is 0 Å². The first-order chi connectivity index (χ1) is 14.7. The van der Waals surface area contributed by atoms with Crippen LogP contribution in [0, 0.1) is 12.3 Å². The van der Waals surface area contributed by atoms with Gasteiger partial charge in [-0.3, -0.25) is 4.90 Å². The van der Waals surface area contributed by atoms with Gasteiger partial charge in [0.2, 0.25) is 0 Å². The summed E-state index contributed by atoms with van der Waals surface area (Å²) in [7, 11) is 0. The molecule has 0 N–H and O–H groups in total. The van der Waals surface area contributed by atoms with Crippen molar-refractivity contribution in [1.29, 1.82) is 0 Å². The molecule has 0 aliphatic carbocycles. The Hall–Kier alpha value is -4.24. The van der Waals surface area contributed by atoms with E-state index in [0.29, 0.717) is 17.2 Å². The van der Waals surface area contributed by atoms with Gasteiger partial charge in [-0.15, -0.1) is 12.3 Å². The third kappa shape index (κ3) is 5.63. The van der Waals surface area contributed by atoms with Gasteiger partial charge in [0.15, 0.2) is 5.75 Å². The van der Waals surface area contributed by atoms with Crippen molar-refractivity contribution in [3.8, 4) is 29.6 Å². The van der Waals surface area contributed by atoms with E-state index in [1.807, 2.05) is 6.07 Å². The van der Waals surface area contributed by atoms with Gasteiger partial charge in [-0.25, -0.2) is 9.59 Å². The van der Waals surface area contributed by atoms with Crippen molar-refractivity contribution < 1.29 is 23.8 Å². The molecule has 3 rings (SSSR count). The van der Waals surface area contributed by atoms with Gasteiger partial charge in [0.05, 0.1) is 5.69 Å². The van der Waals surface area contributed by atoms with Gasteiger partial charge in [0, 0.05) is 13.0 Å². The van der Waals surface area contributed by atoms with Gasteiger partial charge >= 0.3 is 12.2 Å². The second-order valence-corrected chi connectivity index (χ2v) is 6.02. The highest BCUT2D eigenvalue weighted by Crippen LogP contribution is 2.30. The number of anilines is 1. The summed E-state index contributed by atoms with van der Waals surface area (Å²) < 4.78 is 15.9. The van der Waals surface area contributed by atoms with E-state index in [4.69, 9.17) is 20.6 Å². The quantitative estimate of drug-likeness (QED) is 0.319. The topological polar surface area (TPSA) is 65.1 Å². The molecule has 3 aromatic carbocycles. The Morgan fingerprint density at radius 1 is 0.767 bits per heavy atom. The number of hydrogen-bond acceptors (Lipinski definition) is 5. The summed E-state index contributed by atoms with van der Waals surface area (Å²) in [6.45, 7) is 0.177. The monoisotopic (exact) mass is 401 g/mol. The molecule has 0 bridgehead atoms. The van der Waals surface area contributed by atoms with Crippen LogP contribution in [0.2, 0.25) is 0 Å². The van der Waals surface area contributed by atoms with Gasteiger partial charge in [0.25, 0.3) is 0 Å². The predicted molar refractivity (Wildman–Crippen MR) is 113 cm³/mol. The average Bonchev–Trinajstić information content (AvgIpc) is 2.76. The standard InChI is InChI=1S/C24H19NO5/c1-2-3-18-25(23(26)28-19-12-6-4-7-13-19)21-16-10-11-17-22(21)30-24(27)29-20-14-8-5-9-15-20/h1,4-17H,3,18H2. The Labute approximate surface area is 174 Å². The van der Waals surface area contributed by atoms with Gasteiger partial charge in [-0.2, -0.15) is 0 Å². The van der Waals surface area contributed by atoms with Crippen LogP contribution in [0.1, 0.15) is 6.42 Å². The van der Waals surface area contributed by atoms with E-state index in [2.05, 4.69) is 5.92 Å². The smallest absolute Gasteiger partial charge is 0.410 e. The summed E-state index contributed by atoms with van der Waals surface area (Å²) in [6.07, 6.45) is 4.08. The fourth-order valence-electron chi connectivity index (χ4n) is 2.59. The Kier molecular flexibility index (Phi) is 7.07. The molecular weight excluding hydrogens is 382 g/mol. The van der Waals surface area contributed by atoms with Crippen molar-refractivity contribution in [2.24, 2.45) is 0 Å². The number of benzene rings is 3. The molecule has 0 saturated carbocycles. The molecule has 30 heavy (non-hydrogen) atoms. The number of ether oxygens (including phenoxy) is 3. The van der Waals surface area contributed by atoms with Crippen LogP contribution in [0.3, 0.4) is 0 Å². The molecule has 0 aliphatic heterocycles. The molecule has 3 aromatic rings. The molecule has 0 unspecified atom stereocenters. The first kappa shape index (κ1) is 20.5. The van der Waals surface area contributed by atoms with Crippen LogP contribution in [0.15, 0.2) is 84.9 Å². The summed E-state index contributed by atoms with van der Waals surface area (Å²) in [5.74, 6) is 3.36. The molecule has 0 heterocycles. The lowest BCUT2D eigenvalue weighted by molar-refractivity contribution is 0.151. The number of amides is 1. The maximum atomic E-state index is 12.8. The predicted octanol–water partition coefficient (Wildman–Crippen LogP) is 5.29. The van der Waals surface area contributed by atoms with Crippen LogP contribution in [0.5, 0.6) is 17.2 Å². The fourth-order valence-corrected chi connectivity index (χ4v) is 2.59. The first-order valence-electron chi connectivity index (χ1n) is 9.19. The molecule has 0 radical (unpaired) electrons. The van der Waals surface area contributed by atoms with E-state index < -0.39 is 12.2 Å². The van der Waals surface area contributed by atoms with Crippen molar-refractivity contribution in [3.05, 3.63) is 84.9 Å². The number of carbonyl (C=O) groups is 2. The van der Waals surface area contributed by atoms with E-state index in [-0.39, 0.29) is 18.7 Å². The van der Waals surface area contributed by atoms with Crippen LogP contribution >= 0.6 is 0 Å². The third-order valence-corrected chi connectivity index (χ3v) is 3.94. The molecule has 0 atom stereocenters.